The van der Waals surface area contributed by atoms with Crippen LogP contribution in [0.4, 0.5) is 5.82 Å². The first kappa shape index (κ1) is 13.2. The molecule has 7 nitrogen and oxygen atoms in total. The molecule has 1 atom stereocenters. The number of ether oxygens (including phenoxy) is 2. The van der Waals surface area contributed by atoms with E-state index in [2.05, 4.69) is 21.0 Å². The predicted octanol–water partition coefficient (Wildman–Crippen LogP) is 0.117. The summed E-state index contributed by atoms with van der Waals surface area (Å²) < 4.78 is 10.1. The van der Waals surface area contributed by atoms with Crippen LogP contribution in [0.2, 0.25) is 0 Å². The summed E-state index contributed by atoms with van der Waals surface area (Å²) in [4.78, 5) is 13.2. The van der Waals surface area contributed by atoms with E-state index in [1.165, 1.54) is 13.3 Å². The summed E-state index contributed by atoms with van der Waals surface area (Å²) in [5.41, 5.74) is 0.466. The molecule has 0 spiro atoms. The average Bonchev–Trinajstić information content (AvgIpc) is 2.47. The monoisotopic (exact) mass is 262 g/mol. The van der Waals surface area contributed by atoms with Crippen LogP contribution in [-0.2, 0) is 14.3 Å². The Balaban J connectivity index is 2.09. The number of hydrogen-bond donors (Lipinski definition) is 0. The minimum atomic E-state index is -0.313. The lowest BCUT2D eigenvalue weighted by Crippen LogP contribution is -2.44. The molecule has 1 aromatic heterocycles. The Morgan fingerprint density at radius 1 is 1.74 bits per heavy atom. The fourth-order valence-electron chi connectivity index (χ4n) is 1.95. The zero-order valence-corrected chi connectivity index (χ0v) is 10.6. The maximum Gasteiger partial charge on any atom is 0.308 e. The summed E-state index contributed by atoms with van der Waals surface area (Å²) >= 11 is 0. The Bertz CT molecular complexity index is 500. The van der Waals surface area contributed by atoms with Crippen molar-refractivity contribution in [3.05, 3.63) is 17.8 Å². The lowest BCUT2D eigenvalue weighted by Gasteiger charge is -2.33. The van der Waals surface area contributed by atoms with E-state index in [0.29, 0.717) is 31.1 Å². The smallest absolute Gasteiger partial charge is 0.308 e. The summed E-state index contributed by atoms with van der Waals surface area (Å²) in [5.74, 6) is 0.217. The number of methoxy groups -OCH3 is 1. The van der Waals surface area contributed by atoms with Crippen molar-refractivity contribution in [3.8, 4) is 6.07 Å². The van der Waals surface area contributed by atoms with E-state index in [9.17, 15) is 4.79 Å². The second kappa shape index (κ2) is 6.11. The van der Waals surface area contributed by atoms with E-state index in [0.717, 1.165) is 0 Å². The van der Waals surface area contributed by atoms with Crippen molar-refractivity contribution in [2.75, 3.05) is 31.7 Å². The van der Waals surface area contributed by atoms with E-state index >= 15 is 0 Å². The highest BCUT2D eigenvalue weighted by atomic mass is 16.5. The van der Waals surface area contributed by atoms with E-state index in [4.69, 9.17) is 10.00 Å². The SMILES string of the molecule is COC(=O)CC1CN(c2nnccc2C#N)CCO1. The van der Waals surface area contributed by atoms with Gasteiger partial charge in [-0.05, 0) is 6.07 Å². The highest BCUT2D eigenvalue weighted by Gasteiger charge is 2.25. The molecule has 1 aliphatic rings. The van der Waals surface area contributed by atoms with Crippen molar-refractivity contribution in [2.24, 2.45) is 0 Å². The third-order valence-electron chi connectivity index (χ3n) is 2.88. The van der Waals surface area contributed by atoms with E-state index in [-0.39, 0.29) is 18.5 Å². The number of hydrogen-bond acceptors (Lipinski definition) is 7. The third-order valence-corrected chi connectivity index (χ3v) is 2.88. The van der Waals surface area contributed by atoms with Crippen molar-refractivity contribution < 1.29 is 14.3 Å². The lowest BCUT2D eigenvalue weighted by molar-refractivity contribution is -0.144. The quantitative estimate of drug-likeness (QED) is 0.714. The molecule has 0 amide bonds. The van der Waals surface area contributed by atoms with Gasteiger partial charge in [0, 0.05) is 13.1 Å². The molecule has 2 heterocycles. The standard InChI is InChI=1S/C12H14N4O3/c1-18-11(17)6-10-8-16(4-5-19-10)12-9(7-13)2-3-14-15-12/h2-3,10H,4-6,8H2,1H3. The number of morpholine rings is 1. The van der Waals surface area contributed by atoms with Gasteiger partial charge in [-0.1, -0.05) is 0 Å². The van der Waals surface area contributed by atoms with Crippen molar-refractivity contribution >= 4 is 11.8 Å². The van der Waals surface area contributed by atoms with Crippen LogP contribution in [0.25, 0.3) is 0 Å². The van der Waals surface area contributed by atoms with Gasteiger partial charge in [-0.3, -0.25) is 4.79 Å². The zero-order chi connectivity index (χ0) is 13.7. The minimum absolute atomic E-state index is 0.190. The highest BCUT2D eigenvalue weighted by Crippen LogP contribution is 2.19. The Kier molecular flexibility index (Phi) is 4.26. The predicted molar refractivity (Wildman–Crippen MR) is 65.3 cm³/mol. The first-order valence-corrected chi connectivity index (χ1v) is 5.89. The van der Waals surface area contributed by atoms with Crippen molar-refractivity contribution in [3.63, 3.8) is 0 Å². The average molecular weight is 262 g/mol. The third kappa shape index (κ3) is 3.17. The summed E-state index contributed by atoms with van der Waals surface area (Å²) in [5, 5.41) is 16.8. The lowest BCUT2D eigenvalue weighted by atomic mass is 10.2. The molecule has 0 aliphatic carbocycles. The van der Waals surface area contributed by atoms with Gasteiger partial charge in [0.1, 0.15) is 6.07 Å². The topological polar surface area (TPSA) is 88.3 Å². The van der Waals surface area contributed by atoms with Gasteiger partial charge in [0.15, 0.2) is 5.82 Å². The Hall–Kier alpha value is -2.20. The van der Waals surface area contributed by atoms with Gasteiger partial charge in [-0.2, -0.15) is 10.4 Å². The number of nitrogens with zero attached hydrogens (tertiary/aromatic N) is 4. The fraction of sp³-hybridized carbons (Fsp3) is 0.500. The molecule has 0 radical (unpaired) electrons. The number of carbonyl (C=O) groups excluding carboxylic acids is 1. The molecule has 0 N–H and O–H groups in total. The van der Waals surface area contributed by atoms with Gasteiger partial charge >= 0.3 is 5.97 Å². The molecule has 1 fully saturated rings. The molecule has 1 aliphatic heterocycles. The van der Waals surface area contributed by atoms with Crippen LogP contribution in [0.15, 0.2) is 12.3 Å². The van der Waals surface area contributed by atoms with Crippen LogP contribution in [0.5, 0.6) is 0 Å². The van der Waals surface area contributed by atoms with Gasteiger partial charge in [0.2, 0.25) is 0 Å². The Morgan fingerprint density at radius 2 is 2.58 bits per heavy atom. The molecule has 0 saturated carbocycles. The second-order valence-electron chi connectivity index (χ2n) is 4.10. The van der Waals surface area contributed by atoms with Gasteiger partial charge in [0.25, 0.3) is 0 Å². The molecular formula is C12H14N4O3. The second-order valence-corrected chi connectivity index (χ2v) is 4.10. The van der Waals surface area contributed by atoms with Crippen molar-refractivity contribution in [1.29, 1.82) is 5.26 Å². The molecule has 19 heavy (non-hydrogen) atoms. The van der Waals surface area contributed by atoms with Crippen LogP contribution in [0.3, 0.4) is 0 Å². The minimum Gasteiger partial charge on any atom is -0.469 e. The van der Waals surface area contributed by atoms with Crippen molar-refractivity contribution in [2.45, 2.75) is 12.5 Å². The molecule has 100 valence electrons. The Morgan fingerprint density at radius 3 is 3.32 bits per heavy atom. The zero-order valence-electron chi connectivity index (χ0n) is 10.6. The molecule has 2 rings (SSSR count). The summed E-state index contributed by atoms with van der Waals surface area (Å²) in [7, 11) is 1.35. The normalized spacial score (nSPS) is 18.7. The molecule has 1 aromatic rings. The molecule has 0 bridgehead atoms. The number of anilines is 1. The number of rotatable bonds is 3. The van der Waals surface area contributed by atoms with Gasteiger partial charge in [-0.25, -0.2) is 0 Å². The number of aromatic nitrogens is 2. The molecule has 1 saturated heterocycles. The maximum absolute atomic E-state index is 11.2. The molecule has 0 aromatic carbocycles. The molecule has 1 unspecified atom stereocenters. The number of carbonyl (C=O) groups is 1. The first-order chi connectivity index (χ1) is 9.24. The van der Waals surface area contributed by atoms with E-state index in [1.54, 1.807) is 6.07 Å². The number of nitriles is 1. The van der Waals surface area contributed by atoms with Gasteiger partial charge in [-0.15, -0.1) is 5.10 Å². The summed E-state index contributed by atoms with van der Waals surface area (Å²) in [6.07, 6.45) is 1.42. The van der Waals surface area contributed by atoms with E-state index in [1.807, 2.05) is 4.90 Å². The van der Waals surface area contributed by atoms with Gasteiger partial charge < -0.3 is 14.4 Å². The Labute approximate surface area is 110 Å². The van der Waals surface area contributed by atoms with Gasteiger partial charge in [0.05, 0.1) is 38.0 Å². The van der Waals surface area contributed by atoms with Crippen molar-refractivity contribution in [1.82, 2.24) is 10.2 Å². The summed E-state index contributed by atoms with van der Waals surface area (Å²) in [6.45, 7) is 1.58. The first-order valence-electron chi connectivity index (χ1n) is 5.89. The highest BCUT2D eigenvalue weighted by molar-refractivity contribution is 5.70. The fourth-order valence-corrected chi connectivity index (χ4v) is 1.95. The van der Waals surface area contributed by atoms with Crippen LogP contribution in [0, 0.1) is 11.3 Å². The van der Waals surface area contributed by atoms with Crippen LogP contribution in [-0.4, -0.2) is 49.1 Å². The maximum atomic E-state index is 11.2. The largest absolute Gasteiger partial charge is 0.469 e. The number of esters is 1. The van der Waals surface area contributed by atoms with E-state index < -0.39 is 0 Å². The van der Waals surface area contributed by atoms with Crippen LogP contribution >= 0.6 is 0 Å². The van der Waals surface area contributed by atoms with Crippen LogP contribution in [0.1, 0.15) is 12.0 Å². The van der Waals surface area contributed by atoms with Crippen LogP contribution < -0.4 is 4.90 Å². The molecule has 7 heteroatoms. The summed E-state index contributed by atoms with van der Waals surface area (Å²) in [6, 6.07) is 3.70. The molecular weight excluding hydrogens is 248 g/mol.